The van der Waals surface area contributed by atoms with E-state index in [2.05, 4.69) is 5.43 Å². The summed E-state index contributed by atoms with van der Waals surface area (Å²) in [6.45, 7) is 1.05. The van der Waals surface area contributed by atoms with Crippen LogP contribution in [0.25, 0.3) is 0 Å². The molecule has 0 aliphatic heterocycles. The van der Waals surface area contributed by atoms with E-state index in [9.17, 15) is 0 Å². The van der Waals surface area contributed by atoms with Crippen molar-refractivity contribution in [1.82, 2.24) is 5.43 Å². The zero-order chi connectivity index (χ0) is 9.68. The van der Waals surface area contributed by atoms with Crippen LogP contribution in [0.3, 0.4) is 0 Å². The number of nitrogens with two attached hydrogens (primary N) is 1. The van der Waals surface area contributed by atoms with E-state index in [0.29, 0.717) is 28.9 Å². The first-order valence-corrected chi connectivity index (χ1v) is 4.50. The van der Waals surface area contributed by atoms with Crippen molar-refractivity contribution in [2.45, 2.75) is 0 Å². The Bertz CT molecular complexity index is 261. The van der Waals surface area contributed by atoms with Crippen LogP contribution in [0, 0.1) is 0 Å². The van der Waals surface area contributed by atoms with Gasteiger partial charge in [-0.05, 0) is 18.2 Å². The number of hydrogen-bond acceptors (Lipinski definition) is 3. The molecular weight excluding hydrogens is 211 g/mol. The maximum Gasteiger partial charge on any atom is 0.122 e. The Morgan fingerprint density at radius 3 is 2.38 bits per heavy atom. The first-order valence-electron chi connectivity index (χ1n) is 3.75. The smallest absolute Gasteiger partial charge is 0.122 e. The normalized spacial score (nSPS) is 10.1. The first-order chi connectivity index (χ1) is 6.22. The Morgan fingerprint density at radius 2 is 1.85 bits per heavy atom. The number of ether oxygens (including phenoxy) is 1. The minimum atomic E-state index is 0.479. The molecule has 1 rings (SSSR count). The highest BCUT2D eigenvalue weighted by molar-refractivity contribution is 6.34. The molecule has 0 heterocycles. The van der Waals surface area contributed by atoms with Gasteiger partial charge in [-0.25, -0.2) is 0 Å². The lowest BCUT2D eigenvalue weighted by atomic mass is 10.3. The molecular formula is C8H10Cl2N2O. The lowest BCUT2D eigenvalue weighted by Crippen LogP contribution is -2.27. The average molecular weight is 221 g/mol. The summed E-state index contributed by atoms with van der Waals surface area (Å²) in [6.07, 6.45) is 0. The predicted molar refractivity (Wildman–Crippen MR) is 54.1 cm³/mol. The van der Waals surface area contributed by atoms with Gasteiger partial charge in [0.05, 0.1) is 0 Å². The van der Waals surface area contributed by atoms with Crippen LogP contribution < -0.4 is 16.0 Å². The summed E-state index contributed by atoms with van der Waals surface area (Å²) in [5.74, 6) is 5.72. The maximum absolute atomic E-state index is 5.76. The third kappa shape index (κ3) is 3.83. The topological polar surface area (TPSA) is 47.3 Å². The fourth-order valence-electron chi connectivity index (χ4n) is 0.840. The molecule has 1 aromatic rings. The second-order valence-electron chi connectivity index (χ2n) is 2.41. The van der Waals surface area contributed by atoms with E-state index in [1.165, 1.54) is 0 Å². The Hall–Kier alpha value is -0.480. The van der Waals surface area contributed by atoms with Crippen molar-refractivity contribution in [3.8, 4) is 5.75 Å². The molecule has 0 saturated heterocycles. The van der Waals surface area contributed by atoms with Gasteiger partial charge >= 0.3 is 0 Å². The molecule has 0 aliphatic rings. The molecule has 5 heteroatoms. The highest BCUT2D eigenvalue weighted by Crippen LogP contribution is 2.23. The fraction of sp³-hybridized carbons (Fsp3) is 0.250. The molecule has 0 radical (unpaired) electrons. The van der Waals surface area contributed by atoms with Gasteiger partial charge in [-0.1, -0.05) is 23.2 Å². The third-order valence-corrected chi connectivity index (χ3v) is 1.79. The fourth-order valence-corrected chi connectivity index (χ4v) is 1.35. The number of benzene rings is 1. The Labute approximate surface area is 86.7 Å². The van der Waals surface area contributed by atoms with E-state index in [1.54, 1.807) is 18.2 Å². The zero-order valence-corrected chi connectivity index (χ0v) is 8.40. The van der Waals surface area contributed by atoms with Crippen LogP contribution in [0.5, 0.6) is 5.75 Å². The zero-order valence-electron chi connectivity index (χ0n) is 6.89. The summed E-state index contributed by atoms with van der Waals surface area (Å²) in [7, 11) is 0. The average Bonchev–Trinajstić information content (AvgIpc) is 2.03. The van der Waals surface area contributed by atoms with Gasteiger partial charge in [-0.3, -0.25) is 11.3 Å². The van der Waals surface area contributed by atoms with Gasteiger partial charge in [0.1, 0.15) is 12.4 Å². The maximum atomic E-state index is 5.76. The number of rotatable bonds is 4. The molecule has 0 aromatic heterocycles. The summed E-state index contributed by atoms with van der Waals surface area (Å²) in [5.41, 5.74) is 2.48. The monoisotopic (exact) mass is 220 g/mol. The molecule has 13 heavy (non-hydrogen) atoms. The molecule has 0 saturated carbocycles. The van der Waals surface area contributed by atoms with Crippen molar-refractivity contribution in [1.29, 1.82) is 0 Å². The van der Waals surface area contributed by atoms with E-state index >= 15 is 0 Å². The summed E-state index contributed by atoms with van der Waals surface area (Å²) in [4.78, 5) is 0. The molecule has 3 nitrogen and oxygen atoms in total. The van der Waals surface area contributed by atoms with Crippen LogP contribution in [0.1, 0.15) is 0 Å². The van der Waals surface area contributed by atoms with Crippen LogP contribution in [0.15, 0.2) is 18.2 Å². The first kappa shape index (κ1) is 10.6. The van der Waals surface area contributed by atoms with Gasteiger partial charge in [-0.15, -0.1) is 0 Å². The molecule has 0 unspecified atom stereocenters. The molecule has 1 aromatic carbocycles. The van der Waals surface area contributed by atoms with Crippen LogP contribution >= 0.6 is 23.2 Å². The van der Waals surface area contributed by atoms with E-state index < -0.39 is 0 Å². The number of hydrogen-bond donors (Lipinski definition) is 2. The van der Waals surface area contributed by atoms with Crippen molar-refractivity contribution in [2.24, 2.45) is 5.84 Å². The highest BCUT2D eigenvalue weighted by atomic mass is 35.5. The molecule has 72 valence electrons. The van der Waals surface area contributed by atoms with Crippen molar-refractivity contribution in [2.75, 3.05) is 13.2 Å². The molecule has 0 amide bonds. The molecule has 0 atom stereocenters. The highest BCUT2D eigenvalue weighted by Gasteiger charge is 1.98. The van der Waals surface area contributed by atoms with Crippen LogP contribution in [0.4, 0.5) is 0 Å². The minimum absolute atomic E-state index is 0.479. The predicted octanol–water partition coefficient (Wildman–Crippen LogP) is 1.84. The quantitative estimate of drug-likeness (QED) is 0.463. The molecule has 0 spiro atoms. The van der Waals surface area contributed by atoms with Crippen molar-refractivity contribution in [3.05, 3.63) is 28.2 Å². The Morgan fingerprint density at radius 1 is 1.23 bits per heavy atom. The molecule has 0 bridgehead atoms. The van der Waals surface area contributed by atoms with Gasteiger partial charge in [0.2, 0.25) is 0 Å². The van der Waals surface area contributed by atoms with Crippen molar-refractivity contribution in [3.63, 3.8) is 0 Å². The van der Waals surface area contributed by atoms with E-state index in [4.69, 9.17) is 33.8 Å². The summed E-state index contributed by atoms with van der Waals surface area (Å²) in [6, 6.07) is 5.05. The Kier molecular flexibility index (Phi) is 4.32. The third-order valence-electron chi connectivity index (χ3n) is 1.35. The van der Waals surface area contributed by atoms with Crippen molar-refractivity contribution >= 4 is 23.2 Å². The summed E-state index contributed by atoms with van der Waals surface area (Å²) >= 11 is 11.5. The van der Waals surface area contributed by atoms with Crippen molar-refractivity contribution < 1.29 is 4.74 Å². The second-order valence-corrected chi connectivity index (χ2v) is 3.28. The largest absolute Gasteiger partial charge is 0.492 e. The Balaban J connectivity index is 2.56. The van der Waals surface area contributed by atoms with Gasteiger partial charge in [0, 0.05) is 16.6 Å². The number of hydrazine groups is 1. The lowest BCUT2D eigenvalue weighted by Gasteiger charge is -2.06. The molecule has 0 aliphatic carbocycles. The molecule has 0 fully saturated rings. The number of nitrogens with one attached hydrogen (secondary N) is 1. The van der Waals surface area contributed by atoms with E-state index in [-0.39, 0.29) is 0 Å². The van der Waals surface area contributed by atoms with Gasteiger partial charge in [0.25, 0.3) is 0 Å². The van der Waals surface area contributed by atoms with Gasteiger partial charge < -0.3 is 4.74 Å². The second kappa shape index (κ2) is 5.29. The van der Waals surface area contributed by atoms with E-state index in [1.807, 2.05) is 0 Å². The lowest BCUT2D eigenvalue weighted by molar-refractivity contribution is 0.315. The molecule has 3 N–H and O–H groups in total. The van der Waals surface area contributed by atoms with Gasteiger partial charge in [0.15, 0.2) is 0 Å². The summed E-state index contributed by atoms with van der Waals surface area (Å²) in [5, 5.41) is 1.12. The van der Waals surface area contributed by atoms with Crippen LogP contribution in [-0.2, 0) is 0 Å². The minimum Gasteiger partial charge on any atom is -0.492 e. The SMILES string of the molecule is NNCCOc1cc(Cl)cc(Cl)c1. The standard InChI is InChI=1S/C8H10Cl2N2O/c9-6-3-7(10)5-8(4-6)13-2-1-12-11/h3-5,12H,1-2,11H2. The number of halogens is 2. The van der Waals surface area contributed by atoms with E-state index in [0.717, 1.165) is 0 Å². The van der Waals surface area contributed by atoms with Gasteiger partial charge in [-0.2, -0.15) is 0 Å². The van der Waals surface area contributed by atoms with Crippen LogP contribution in [0.2, 0.25) is 10.0 Å². The van der Waals surface area contributed by atoms with Crippen LogP contribution in [-0.4, -0.2) is 13.2 Å². The summed E-state index contributed by atoms with van der Waals surface area (Å²) < 4.78 is 5.30.